The van der Waals surface area contributed by atoms with E-state index in [1.54, 1.807) is 11.3 Å². The maximum Gasteiger partial charge on any atom is 0.0642 e. The first-order chi connectivity index (χ1) is 6.45. The Hall–Kier alpha value is -0.830. The molecule has 1 aliphatic rings. The number of hydrazone groups is 1. The van der Waals surface area contributed by atoms with Gasteiger partial charge in [0.05, 0.1) is 6.21 Å². The van der Waals surface area contributed by atoms with Crippen molar-refractivity contribution in [2.45, 2.75) is 19.3 Å². The molecule has 1 fully saturated rings. The molecule has 0 aromatic carbocycles. The number of nitrogens with zero attached hydrogens (tertiary/aromatic N) is 2. The van der Waals surface area contributed by atoms with Crippen LogP contribution in [0.25, 0.3) is 0 Å². The summed E-state index contributed by atoms with van der Waals surface area (Å²) in [7, 11) is 0. The molecule has 0 bridgehead atoms. The molecule has 0 atom stereocenters. The van der Waals surface area contributed by atoms with E-state index in [4.69, 9.17) is 0 Å². The van der Waals surface area contributed by atoms with E-state index < -0.39 is 0 Å². The van der Waals surface area contributed by atoms with Gasteiger partial charge >= 0.3 is 0 Å². The van der Waals surface area contributed by atoms with E-state index in [2.05, 4.69) is 27.6 Å². The Balaban J connectivity index is 1.89. The molecule has 0 radical (unpaired) electrons. The lowest BCUT2D eigenvalue weighted by atomic mass is 10.2. The molecule has 0 N–H and O–H groups in total. The van der Waals surface area contributed by atoms with Crippen LogP contribution in [0.15, 0.2) is 22.6 Å². The lowest BCUT2D eigenvalue weighted by Crippen LogP contribution is -2.24. The maximum atomic E-state index is 4.44. The van der Waals surface area contributed by atoms with Gasteiger partial charge in [0.1, 0.15) is 0 Å². The smallest absolute Gasteiger partial charge is 0.0642 e. The van der Waals surface area contributed by atoms with Crippen molar-refractivity contribution in [1.29, 1.82) is 0 Å². The van der Waals surface area contributed by atoms with E-state index in [9.17, 15) is 0 Å². The van der Waals surface area contributed by atoms with E-state index in [-0.39, 0.29) is 0 Å². The standard InChI is InChI=1S/C10H14N2S/c1-2-6-12(7-3-1)11-9-10-5-4-8-13-10/h4-5,8-9H,1-3,6-7H2/b11-9+. The SMILES string of the molecule is C(=N\N1CCCCC1)/c1cccs1. The Morgan fingerprint density at radius 1 is 1.31 bits per heavy atom. The number of rotatable bonds is 2. The predicted molar refractivity (Wildman–Crippen MR) is 57.3 cm³/mol. The van der Waals surface area contributed by atoms with Crippen LogP contribution in [-0.2, 0) is 0 Å². The molecule has 2 nitrogen and oxygen atoms in total. The molecule has 0 aliphatic carbocycles. The normalized spacial score (nSPS) is 18.3. The maximum absolute atomic E-state index is 4.44. The second-order valence-corrected chi connectivity index (χ2v) is 4.25. The summed E-state index contributed by atoms with van der Waals surface area (Å²) in [5.41, 5.74) is 0. The van der Waals surface area contributed by atoms with Crippen molar-refractivity contribution in [2.24, 2.45) is 5.10 Å². The minimum atomic E-state index is 1.13. The van der Waals surface area contributed by atoms with Crippen LogP contribution in [0, 0.1) is 0 Å². The van der Waals surface area contributed by atoms with Crippen LogP contribution in [0.5, 0.6) is 0 Å². The summed E-state index contributed by atoms with van der Waals surface area (Å²) in [6, 6.07) is 4.15. The van der Waals surface area contributed by atoms with Crippen LogP contribution in [0.4, 0.5) is 0 Å². The van der Waals surface area contributed by atoms with Gasteiger partial charge in [-0.05, 0) is 30.7 Å². The first-order valence-electron chi connectivity index (χ1n) is 4.77. The molecule has 0 unspecified atom stereocenters. The fraction of sp³-hybridized carbons (Fsp3) is 0.500. The summed E-state index contributed by atoms with van der Waals surface area (Å²) >= 11 is 1.74. The quantitative estimate of drug-likeness (QED) is 0.661. The van der Waals surface area contributed by atoms with Crippen LogP contribution in [0.2, 0.25) is 0 Å². The van der Waals surface area contributed by atoms with Crippen molar-refractivity contribution in [3.63, 3.8) is 0 Å². The second kappa shape index (κ2) is 4.42. The van der Waals surface area contributed by atoms with Crippen molar-refractivity contribution in [3.05, 3.63) is 22.4 Å². The lowest BCUT2D eigenvalue weighted by molar-refractivity contribution is 0.240. The minimum Gasteiger partial charge on any atom is -0.297 e. The Morgan fingerprint density at radius 3 is 2.85 bits per heavy atom. The van der Waals surface area contributed by atoms with E-state index in [0.29, 0.717) is 0 Å². The van der Waals surface area contributed by atoms with Crippen LogP contribution >= 0.6 is 11.3 Å². The van der Waals surface area contributed by atoms with Crippen molar-refractivity contribution in [2.75, 3.05) is 13.1 Å². The average molecular weight is 194 g/mol. The van der Waals surface area contributed by atoms with Gasteiger partial charge in [0.25, 0.3) is 0 Å². The van der Waals surface area contributed by atoms with Gasteiger partial charge in [-0.3, -0.25) is 5.01 Å². The molecule has 0 amide bonds. The molecule has 3 heteroatoms. The number of hydrogen-bond acceptors (Lipinski definition) is 3. The molecular weight excluding hydrogens is 180 g/mol. The van der Waals surface area contributed by atoms with Crippen LogP contribution < -0.4 is 0 Å². The Kier molecular flexibility index (Phi) is 2.98. The summed E-state index contributed by atoms with van der Waals surface area (Å²) in [5.74, 6) is 0. The average Bonchev–Trinajstić information content (AvgIpc) is 2.69. The molecule has 13 heavy (non-hydrogen) atoms. The van der Waals surface area contributed by atoms with E-state index in [1.165, 1.54) is 24.1 Å². The highest BCUT2D eigenvalue weighted by atomic mass is 32.1. The first-order valence-corrected chi connectivity index (χ1v) is 5.65. The van der Waals surface area contributed by atoms with Gasteiger partial charge in [-0.2, -0.15) is 5.10 Å². The summed E-state index contributed by atoms with van der Waals surface area (Å²) < 4.78 is 0. The van der Waals surface area contributed by atoms with Gasteiger partial charge in [-0.15, -0.1) is 11.3 Å². The molecule has 0 saturated carbocycles. The Morgan fingerprint density at radius 2 is 2.15 bits per heavy atom. The molecule has 0 spiro atoms. The Labute approximate surface area is 82.9 Å². The highest BCUT2D eigenvalue weighted by molar-refractivity contribution is 7.11. The fourth-order valence-corrected chi connectivity index (χ4v) is 2.08. The van der Waals surface area contributed by atoms with Crippen molar-refractivity contribution < 1.29 is 0 Å². The highest BCUT2D eigenvalue weighted by Gasteiger charge is 2.05. The molecular formula is C10H14N2S. The van der Waals surface area contributed by atoms with Gasteiger partial charge < -0.3 is 0 Å². The van der Waals surface area contributed by atoms with Gasteiger partial charge in [0.15, 0.2) is 0 Å². The van der Waals surface area contributed by atoms with Crippen molar-refractivity contribution in [3.8, 4) is 0 Å². The zero-order valence-corrected chi connectivity index (χ0v) is 8.46. The van der Waals surface area contributed by atoms with Gasteiger partial charge in [-0.25, -0.2) is 0 Å². The predicted octanol–water partition coefficient (Wildman–Crippen LogP) is 2.57. The number of thiophene rings is 1. The van der Waals surface area contributed by atoms with Crippen LogP contribution in [0.1, 0.15) is 24.1 Å². The summed E-state index contributed by atoms with van der Waals surface area (Å²) in [6.07, 6.45) is 5.92. The van der Waals surface area contributed by atoms with Gasteiger partial charge in [0, 0.05) is 18.0 Å². The highest BCUT2D eigenvalue weighted by Crippen LogP contribution is 2.10. The Bertz CT molecular complexity index is 260. The van der Waals surface area contributed by atoms with Crippen LogP contribution in [-0.4, -0.2) is 24.3 Å². The molecule has 1 saturated heterocycles. The number of piperidine rings is 1. The minimum absolute atomic E-state index is 1.13. The van der Waals surface area contributed by atoms with E-state index in [0.717, 1.165) is 13.1 Å². The van der Waals surface area contributed by atoms with E-state index in [1.807, 2.05) is 6.21 Å². The number of hydrogen-bond donors (Lipinski definition) is 0. The summed E-state index contributed by atoms with van der Waals surface area (Å²) in [6.45, 7) is 2.25. The third-order valence-corrected chi connectivity index (χ3v) is 3.03. The molecule has 1 aliphatic heterocycles. The van der Waals surface area contributed by atoms with Gasteiger partial charge in [-0.1, -0.05) is 6.07 Å². The first kappa shape index (κ1) is 8.75. The zero-order chi connectivity index (χ0) is 8.93. The zero-order valence-electron chi connectivity index (χ0n) is 7.65. The molecule has 2 heterocycles. The topological polar surface area (TPSA) is 15.6 Å². The van der Waals surface area contributed by atoms with Gasteiger partial charge in [0.2, 0.25) is 0 Å². The van der Waals surface area contributed by atoms with Crippen molar-refractivity contribution >= 4 is 17.6 Å². The van der Waals surface area contributed by atoms with E-state index >= 15 is 0 Å². The molecule has 70 valence electrons. The largest absolute Gasteiger partial charge is 0.297 e. The summed E-state index contributed by atoms with van der Waals surface area (Å²) in [4.78, 5) is 1.24. The third kappa shape index (κ3) is 2.56. The molecule has 2 rings (SSSR count). The molecule has 1 aromatic heterocycles. The summed E-state index contributed by atoms with van der Waals surface area (Å²) in [5, 5.41) is 8.70. The third-order valence-electron chi connectivity index (χ3n) is 2.22. The second-order valence-electron chi connectivity index (χ2n) is 3.27. The molecule has 1 aromatic rings. The monoisotopic (exact) mass is 194 g/mol. The van der Waals surface area contributed by atoms with Crippen LogP contribution in [0.3, 0.4) is 0 Å². The lowest BCUT2D eigenvalue weighted by Gasteiger charge is -2.22. The fourth-order valence-electron chi connectivity index (χ4n) is 1.50. The van der Waals surface area contributed by atoms with Crippen molar-refractivity contribution in [1.82, 2.24) is 5.01 Å².